The van der Waals surface area contributed by atoms with Gasteiger partial charge in [0.2, 0.25) is 0 Å². The van der Waals surface area contributed by atoms with E-state index in [4.69, 9.17) is 11.6 Å². The molecule has 0 saturated heterocycles. The van der Waals surface area contributed by atoms with Crippen molar-refractivity contribution in [1.29, 1.82) is 0 Å². The summed E-state index contributed by atoms with van der Waals surface area (Å²) < 4.78 is 26.4. The van der Waals surface area contributed by atoms with Crippen LogP contribution in [-0.4, -0.2) is 5.11 Å². The molecule has 1 nitrogen and oxygen atoms in total. The monoisotopic (exact) mass is 232 g/mol. The molecule has 0 bridgehead atoms. The Hall–Kier alpha value is -0.670. The predicted molar refractivity (Wildman–Crippen MR) is 53.7 cm³/mol. The van der Waals surface area contributed by atoms with Crippen LogP contribution in [-0.2, 0) is 0 Å². The van der Waals surface area contributed by atoms with Gasteiger partial charge in [0, 0.05) is 5.56 Å². The van der Waals surface area contributed by atoms with Gasteiger partial charge in [-0.15, -0.1) is 0 Å². The molecule has 1 aromatic carbocycles. The third-order valence-electron chi connectivity index (χ3n) is 2.65. The van der Waals surface area contributed by atoms with E-state index in [-0.39, 0.29) is 10.6 Å². The molecule has 1 aliphatic carbocycles. The van der Waals surface area contributed by atoms with Gasteiger partial charge in [-0.2, -0.15) is 0 Å². The second-order valence-electron chi connectivity index (χ2n) is 3.98. The summed E-state index contributed by atoms with van der Waals surface area (Å²) in [6.45, 7) is 0. The zero-order valence-electron chi connectivity index (χ0n) is 8.01. The highest BCUT2D eigenvalue weighted by Crippen LogP contribution is 2.38. The van der Waals surface area contributed by atoms with E-state index in [1.54, 1.807) is 0 Å². The Kier molecular flexibility index (Phi) is 2.94. The molecule has 1 saturated carbocycles. The van der Waals surface area contributed by atoms with E-state index in [9.17, 15) is 13.9 Å². The molecule has 1 fully saturated rings. The van der Waals surface area contributed by atoms with E-state index in [1.807, 2.05) is 0 Å². The smallest absolute Gasteiger partial charge is 0.142 e. The molecule has 0 heterocycles. The first-order valence-electron chi connectivity index (χ1n) is 4.90. The quantitative estimate of drug-likeness (QED) is 0.792. The molecule has 0 spiro atoms. The molecular weight excluding hydrogens is 222 g/mol. The van der Waals surface area contributed by atoms with Gasteiger partial charge in [0.1, 0.15) is 11.6 Å². The molecule has 15 heavy (non-hydrogen) atoms. The molecule has 0 radical (unpaired) electrons. The van der Waals surface area contributed by atoms with Crippen LogP contribution >= 0.6 is 11.6 Å². The van der Waals surface area contributed by atoms with Gasteiger partial charge in [-0.05, 0) is 24.5 Å². The summed E-state index contributed by atoms with van der Waals surface area (Å²) in [4.78, 5) is 0. The maximum absolute atomic E-state index is 13.3. The standard InChI is InChI=1S/C11H11ClF2O/c12-8-5-9(13)7(4-10(8)14)11(15)3-6-1-2-6/h4-6,11,15H,1-3H2. The van der Waals surface area contributed by atoms with Gasteiger partial charge in [0.15, 0.2) is 0 Å². The summed E-state index contributed by atoms with van der Waals surface area (Å²) in [5.41, 5.74) is 0.00352. The minimum absolute atomic E-state index is 0.00352. The number of aliphatic hydroxyl groups excluding tert-OH is 1. The Labute approximate surface area is 91.7 Å². The first-order chi connectivity index (χ1) is 7.08. The summed E-state index contributed by atoms with van der Waals surface area (Å²) in [7, 11) is 0. The highest BCUT2D eigenvalue weighted by atomic mass is 35.5. The number of halogens is 3. The molecule has 0 aromatic heterocycles. The molecule has 82 valence electrons. The molecule has 1 aliphatic rings. The lowest BCUT2D eigenvalue weighted by atomic mass is 10.0. The van der Waals surface area contributed by atoms with Gasteiger partial charge < -0.3 is 5.11 Å². The van der Waals surface area contributed by atoms with E-state index in [0.29, 0.717) is 12.3 Å². The molecule has 0 amide bonds. The maximum Gasteiger partial charge on any atom is 0.142 e. The topological polar surface area (TPSA) is 20.2 Å². The van der Waals surface area contributed by atoms with E-state index in [0.717, 1.165) is 25.0 Å². The molecule has 1 unspecified atom stereocenters. The Balaban J connectivity index is 2.21. The van der Waals surface area contributed by atoms with Crippen molar-refractivity contribution < 1.29 is 13.9 Å². The van der Waals surface area contributed by atoms with Crippen LogP contribution in [0.2, 0.25) is 5.02 Å². The van der Waals surface area contributed by atoms with Crippen LogP contribution in [0.4, 0.5) is 8.78 Å². The van der Waals surface area contributed by atoms with Gasteiger partial charge >= 0.3 is 0 Å². The summed E-state index contributed by atoms with van der Waals surface area (Å²) in [6, 6.07) is 1.88. The Morgan fingerprint density at radius 1 is 1.33 bits per heavy atom. The van der Waals surface area contributed by atoms with Gasteiger partial charge in [0.05, 0.1) is 11.1 Å². The van der Waals surface area contributed by atoms with Crippen molar-refractivity contribution in [2.45, 2.75) is 25.4 Å². The highest BCUT2D eigenvalue weighted by molar-refractivity contribution is 6.30. The minimum atomic E-state index is -0.927. The van der Waals surface area contributed by atoms with Crippen molar-refractivity contribution in [3.63, 3.8) is 0 Å². The number of hydrogen-bond donors (Lipinski definition) is 1. The van der Waals surface area contributed by atoms with Crippen molar-refractivity contribution in [1.82, 2.24) is 0 Å². The van der Waals surface area contributed by atoms with Crippen molar-refractivity contribution >= 4 is 11.6 Å². The largest absolute Gasteiger partial charge is 0.388 e. The number of hydrogen-bond acceptors (Lipinski definition) is 1. The SMILES string of the molecule is OC(CC1CC1)c1cc(F)c(Cl)cc1F. The lowest BCUT2D eigenvalue weighted by Gasteiger charge is -2.11. The van der Waals surface area contributed by atoms with Crippen LogP contribution in [0, 0.1) is 17.6 Å². The molecule has 2 rings (SSSR count). The van der Waals surface area contributed by atoms with Gasteiger partial charge in [-0.25, -0.2) is 8.78 Å². The van der Waals surface area contributed by atoms with Crippen molar-refractivity contribution in [2.75, 3.05) is 0 Å². The van der Waals surface area contributed by atoms with E-state index < -0.39 is 17.7 Å². The summed E-state index contributed by atoms with van der Waals surface area (Å²) in [5, 5.41) is 9.42. The van der Waals surface area contributed by atoms with Crippen LogP contribution in [0.15, 0.2) is 12.1 Å². The van der Waals surface area contributed by atoms with Crippen LogP contribution in [0.5, 0.6) is 0 Å². The predicted octanol–water partition coefficient (Wildman–Crippen LogP) is 3.45. The Morgan fingerprint density at radius 2 is 2.00 bits per heavy atom. The van der Waals surface area contributed by atoms with Gasteiger partial charge in [-0.3, -0.25) is 0 Å². The first-order valence-corrected chi connectivity index (χ1v) is 5.28. The summed E-state index contributed by atoms with van der Waals surface area (Å²) >= 11 is 5.41. The molecule has 4 heteroatoms. The fraction of sp³-hybridized carbons (Fsp3) is 0.455. The second-order valence-corrected chi connectivity index (χ2v) is 4.39. The van der Waals surface area contributed by atoms with E-state index >= 15 is 0 Å². The van der Waals surface area contributed by atoms with Gasteiger partial charge in [0.25, 0.3) is 0 Å². The zero-order valence-corrected chi connectivity index (χ0v) is 8.77. The fourth-order valence-corrected chi connectivity index (χ4v) is 1.74. The molecule has 1 aromatic rings. The Morgan fingerprint density at radius 3 is 2.60 bits per heavy atom. The summed E-state index contributed by atoms with van der Waals surface area (Å²) in [6.07, 6.45) is 1.70. The van der Waals surface area contributed by atoms with Crippen LogP contribution < -0.4 is 0 Å². The lowest BCUT2D eigenvalue weighted by molar-refractivity contribution is 0.155. The molecular formula is C11H11ClF2O. The summed E-state index contributed by atoms with van der Waals surface area (Å²) in [5.74, 6) is -0.879. The van der Waals surface area contributed by atoms with Crippen LogP contribution in [0.3, 0.4) is 0 Å². The third kappa shape index (κ3) is 2.47. The van der Waals surface area contributed by atoms with E-state index in [2.05, 4.69) is 0 Å². The Bertz CT molecular complexity index is 377. The van der Waals surface area contributed by atoms with Crippen LogP contribution in [0.1, 0.15) is 30.9 Å². The molecule has 1 atom stereocenters. The molecule has 0 aliphatic heterocycles. The average Bonchev–Trinajstić information content (AvgIpc) is 2.95. The second kappa shape index (κ2) is 4.06. The van der Waals surface area contributed by atoms with Crippen molar-refractivity contribution in [3.05, 3.63) is 34.4 Å². The zero-order chi connectivity index (χ0) is 11.0. The average molecular weight is 233 g/mol. The van der Waals surface area contributed by atoms with E-state index in [1.165, 1.54) is 0 Å². The normalized spacial score (nSPS) is 17.9. The number of aliphatic hydroxyl groups is 1. The fourth-order valence-electron chi connectivity index (χ4n) is 1.59. The highest BCUT2D eigenvalue weighted by Gasteiger charge is 2.27. The van der Waals surface area contributed by atoms with Gasteiger partial charge in [-0.1, -0.05) is 24.4 Å². The number of rotatable bonds is 3. The minimum Gasteiger partial charge on any atom is -0.388 e. The molecule has 1 N–H and O–H groups in total. The van der Waals surface area contributed by atoms with Crippen molar-refractivity contribution in [2.24, 2.45) is 5.92 Å². The third-order valence-corrected chi connectivity index (χ3v) is 2.94. The lowest BCUT2D eigenvalue weighted by Crippen LogP contribution is -2.02. The maximum atomic E-state index is 13.3. The number of benzene rings is 1. The first kappa shape index (κ1) is 10.8. The van der Waals surface area contributed by atoms with Crippen LogP contribution in [0.25, 0.3) is 0 Å². The van der Waals surface area contributed by atoms with Crippen molar-refractivity contribution in [3.8, 4) is 0 Å².